The molecule has 4 aromatic rings. The van der Waals surface area contributed by atoms with Crippen LogP contribution in [0.25, 0.3) is 22.2 Å². The summed E-state index contributed by atoms with van der Waals surface area (Å²) in [7, 11) is 3.34. The molecule has 268 valence electrons. The molecule has 0 radical (unpaired) electrons. The number of hydrogen-bond acceptors (Lipinski definition) is 10. The number of methoxy groups -OCH3 is 1. The van der Waals surface area contributed by atoms with Crippen molar-refractivity contribution >= 4 is 40.0 Å². The van der Waals surface area contributed by atoms with Gasteiger partial charge in [-0.2, -0.15) is 0 Å². The first-order valence-electron chi connectivity index (χ1n) is 17.0. The van der Waals surface area contributed by atoms with Crippen LogP contribution < -0.4 is 15.0 Å². The summed E-state index contributed by atoms with van der Waals surface area (Å²) in [6.07, 6.45) is 2.62. The number of ether oxygens (including phenoxy) is 3. The molecule has 0 spiro atoms. The summed E-state index contributed by atoms with van der Waals surface area (Å²) >= 11 is 0. The van der Waals surface area contributed by atoms with E-state index in [2.05, 4.69) is 27.0 Å². The van der Waals surface area contributed by atoms with Crippen LogP contribution in [0.2, 0.25) is 0 Å². The van der Waals surface area contributed by atoms with Crippen molar-refractivity contribution in [3.63, 3.8) is 0 Å². The van der Waals surface area contributed by atoms with Gasteiger partial charge in [-0.25, -0.2) is 14.8 Å². The van der Waals surface area contributed by atoms with Gasteiger partial charge in [-0.3, -0.25) is 10.1 Å². The number of nitro groups is 1. The van der Waals surface area contributed by atoms with Crippen molar-refractivity contribution in [2.24, 2.45) is 0 Å². The Bertz CT molecular complexity index is 1860. The number of benzene rings is 2. The number of nitrogens with zero attached hydrogens (tertiary/aromatic N) is 6. The maximum atomic E-state index is 13.1. The molecule has 1 aliphatic rings. The molecular formula is C37H49N7O6. The molecule has 1 aliphatic heterocycles. The quantitative estimate of drug-likeness (QED) is 0.115. The third kappa shape index (κ3) is 7.77. The Balaban J connectivity index is 1.37. The maximum Gasteiger partial charge on any atom is 0.410 e. The van der Waals surface area contributed by atoms with Gasteiger partial charge in [0.05, 0.1) is 42.3 Å². The summed E-state index contributed by atoms with van der Waals surface area (Å²) in [6.45, 7) is 15.9. The topological polar surface area (TPSA) is 137 Å². The predicted molar refractivity (Wildman–Crippen MR) is 195 cm³/mol. The van der Waals surface area contributed by atoms with Gasteiger partial charge in [0.25, 0.3) is 5.69 Å². The molecule has 0 bridgehead atoms. The lowest BCUT2D eigenvalue weighted by atomic mass is 9.94. The van der Waals surface area contributed by atoms with E-state index in [9.17, 15) is 14.9 Å². The van der Waals surface area contributed by atoms with E-state index in [-0.39, 0.29) is 23.8 Å². The van der Waals surface area contributed by atoms with E-state index < -0.39 is 16.1 Å². The molecule has 0 atom stereocenters. The molecule has 0 unspecified atom stereocenters. The van der Waals surface area contributed by atoms with Gasteiger partial charge in [-0.15, -0.1) is 0 Å². The van der Waals surface area contributed by atoms with Crippen LogP contribution in [0.1, 0.15) is 67.0 Å². The molecule has 5 rings (SSSR count). The van der Waals surface area contributed by atoms with Crippen LogP contribution in [-0.2, 0) is 22.6 Å². The number of anilines is 3. The largest absolute Gasteiger partial charge is 0.494 e. The van der Waals surface area contributed by atoms with Gasteiger partial charge in [0, 0.05) is 66.5 Å². The molecule has 0 aliphatic carbocycles. The molecule has 2 aromatic carbocycles. The predicted octanol–water partition coefficient (Wildman–Crippen LogP) is 7.93. The molecular weight excluding hydrogens is 638 g/mol. The van der Waals surface area contributed by atoms with Gasteiger partial charge < -0.3 is 33.9 Å². The molecule has 50 heavy (non-hydrogen) atoms. The number of nitrogens with one attached hydrogen (secondary N) is 1. The van der Waals surface area contributed by atoms with Gasteiger partial charge >= 0.3 is 6.09 Å². The Labute approximate surface area is 293 Å². The normalized spacial score (nSPS) is 13.2. The van der Waals surface area contributed by atoms with Crippen molar-refractivity contribution in [1.29, 1.82) is 0 Å². The first-order valence-corrected chi connectivity index (χ1v) is 17.0. The van der Waals surface area contributed by atoms with E-state index in [0.717, 1.165) is 28.7 Å². The minimum absolute atomic E-state index is 0.0741. The fourth-order valence-electron chi connectivity index (χ4n) is 6.78. The Morgan fingerprint density at radius 2 is 1.90 bits per heavy atom. The molecule has 1 N–H and O–H groups in total. The third-order valence-electron chi connectivity index (χ3n) is 8.88. The summed E-state index contributed by atoms with van der Waals surface area (Å²) in [6, 6.07) is 13.1. The third-order valence-corrected chi connectivity index (χ3v) is 8.88. The van der Waals surface area contributed by atoms with Crippen molar-refractivity contribution in [3.05, 3.63) is 64.5 Å². The lowest BCUT2D eigenvalue weighted by Crippen LogP contribution is -2.53. The van der Waals surface area contributed by atoms with Crippen molar-refractivity contribution in [2.75, 3.05) is 37.5 Å². The Morgan fingerprint density at radius 3 is 2.58 bits per heavy atom. The van der Waals surface area contributed by atoms with E-state index in [1.54, 1.807) is 17.2 Å². The fraction of sp³-hybridized carbons (Fsp3) is 0.486. The van der Waals surface area contributed by atoms with Crippen LogP contribution in [-0.4, -0.2) is 74.9 Å². The van der Waals surface area contributed by atoms with Gasteiger partial charge in [-0.1, -0.05) is 18.2 Å². The van der Waals surface area contributed by atoms with E-state index in [4.69, 9.17) is 19.2 Å². The number of carbonyl (C=O) groups is 1. The number of carbonyl (C=O) groups excluding carboxylic acids is 1. The molecule has 0 fully saturated rings. The second kappa shape index (κ2) is 14.5. The standard InChI is InChI=1S/C37H49N7O6/c1-24(2)43(35(45)50-36(3,4)5)37(6,7)16-12-18-41(8)29-22-32(48-9)27(21-30(29)44(46)47)40-34-38-17-15-26(39-34)33-25-13-10-11-14-28(25)42-19-20-49-23-31(33)42/h10-11,13-15,17,21-22,24H,12,16,18-20,23H2,1-9H3,(H,38,39,40). The second-order valence-electron chi connectivity index (χ2n) is 14.5. The van der Waals surface area contributed by atoms with Gasteiger partial charge in [-0.05, 0) is 73.4 Å². The van der Waals surface area contributed by atoms with Crippen molar-refractivity contribution < 1.29 is 23.9 Å². The van der Waals surface area contributed by atoms with E-state index in [1.807, 2.05) is 78.6 Å². The lowest BCUT2D eigenvalue weighted by molar-refractivity contribution is -0.384. The second-order valence-corrected chi connectivity index (χ2v) is 14.5. The fourth-order valence-corrected chi connectivity index (χ4v) is 6.78. The Kier molecular flexibility index (Phi) is 10.6. The number of fused-ring (bicyclic) bond motifs is 3. The summed E-state index contributed by atoms with van der Waals surface area (Å²) in [5, 5.41) is 16.6. The zero-order chi connectivity index (χ0) is 36.4. The van der Waals surface area contributed by atoms with Crippen LogP contribution in [0.3, 0.4) is 0 Å². The van der Waals surface area contributed by atoms with Crippen LogP contribution in [0.5, 0.6) is 5.75 Å². The van der Waals surface area contributed by atoms with E-state index >= 15 is 0 Å². The molecule has 3 heterocycles. The monoisotopic (exact) mass is 687 g/mol. The highest BCUT2D eigenvalue weighted by molar-refractivity contribution is 5.97. The first kappa shape index (κ1) is 36.4. The summed E-state index contributed by atoms with van der Waals surface area (Å²) < 4.78 is 19.5. The average molecular weight is 688 g/mol. The number of hydrogen-bond donors (Lipinski definition) is 1. The molecule has 0 saturated heterocycles. The van der Waals surface area contributed by atoms with Crippen LogP contribution in [0.15, 0.2) is 48.7 Å². The zero-order valence-corrected chi connectivity index (χ0v) is 30.6. The Morgan fingerprint density at radius 1 is 1.16 bits per heavy atom. The maximum absolute atomic E-state index is 13.1. The molecule has 2 aromatic heterocycles. The van der Waals surface area contributed by atoms with Crippen molar-refractivity contribution in [2.45, 2.75) is 91.6 Å². The molecule has 0 saturated carbocycles. The first-order chi connectivity index (χ1) is 23.6. The van der Waals surface area contributed by atoms with Gasteiger partial charge in [0.2, 0.25) is 5.95 Å². The SMILES string of the molecule is COc1cc(N(C)CCCC(C)(C)N(C(=O)OC(C)(C)C)C(C)C)c([N+](=O)[O-])cc1Nc1nccc(-c2c3n(c4ccccc24)CCOC3)n1. The molecule has 1 amide bonds. The average Bonchev–Trinajstić information content (AvgIpc) is 3.37. The number of rotatable bonds is 12. The molecule has 13 nitrogen and oxygen atoms in total. The number of nitro benzene ring substituents is 1. The number of aromatic nitrogens is 3. The van der Waals surface area contributed by atoms with Gasteiger partial charge in [0.15, 0.2) is 0 Å². The number of para-hydroxylation sites is 1. The highest BCUT2D eigenvalue weighted by Crippen LogP contribution is 2.40. The van der Waals surface area contributed by atoms with Crippen molar-refractivity contribution in [1.82, 2.24) is 19.4 Å². The Hall–Kier alpha value is -4.91. The van der Waals surface area contributed by atoms with Crippen LogP contribution in [0, 0.1) is 10.1 Å². The highest BCUT2D eigenvalue weighted by atomic mass is 16.6. The summed E-state index contributed by atoms with van der Waals surface area (Å²) in [5.41, 5.74) is 3.43. The minimum atomic E-state index is -0.610. The molecule has 13 heteroatoms. The van der Waals surface area contributed by atoms with E-state index in [1.165, 1.54) is 13.2 Å². The van der Waals surface area contributed by atoms with E-state index in [0.29, 0.717) is 55.4 Å². The highest BCUT2D eigenvalue weighted by Gasteiger charge is 2.36. The van der Waals surface area contributed by atoms with Gasteiger partial charge in [0.1, 0.15) is 17.0 Å². The number of amides is 1. The minimum Gasteiger partial charge on any atom is -0.494 e. The van der Waals surface area contributed by atoms with Crippen LogP contribution in [0.4, 0.5) is 27.8 Å². The smallest absolute Gasteiger partial charge is 0.410 e. The van der Waals surface area contributed by atoms with Crippen LogP contribution >= 0.6 is 0 Å². The summed E-state index contributed by atoms with van der Waals surface area (Å²) in [4.78, 5) is 38.0. The summed E-state index contributed by atoms with van der Waals surface area (Å²) in [5.74, 6) is 0.682. The lowest BCUT2D eigenvalue weighted by Gasteiger charge is -2.42. The van der Waals surface area contributed by atoms with Crippen molar-refractivity contribution in [3.8, 4) is 17.0 Å². The zero-order valence-electron chi connectivity index (χ0n) is 30.6.